The van der Waals surface area contributed by atoms with Crippen LogP contribution in [0.1, 0.15) is 35.3 Å². The van der Waals surface area contributed by atoms with Crippen LogP contribution in [0.3, 0.4) is 0 Å². The van der Waals surface area contributed by atoms with Gasteiger partial charge in [0.1, 0.15) is 5.82 Å². The monoisotopic (exact) mass is 275 g/mol. The number of hydrogen-bond donors (Lipinski definition) is 1. The van der Waals surface area contributed by atoms with E-state index in [4.69, 9.17) is 0 Å². The van der Waals surface area contributed by atoms with Gasteiger partial charge in [0, 0.05) is 24.8 Å². The minimum atomic E-state index is -0.178. The molecule has 0 bridgehead atoms. The van der Waals surface area contributed by atoms with Gasteiger partial charge < -0.3 is 5.32 Å². The number of likely N-dealkylation sites (N-methyl/N-ethyl adjacent to an activating group) is 1. The number of halogens is 1. The van der Waals surface area contributed by atoms with Crippen LogP contribution in [0.4, 0.5) is 4.39 Å². The highest BCUT2D eigenvalue weighted by Gasteiger charge is 2.17. The maximum absolute atomic E-state index is 13.4. The van der Waals surface area contributed by atoms with Crippen molar-refractivity contribution in [2.24, 2.45) is 7.05 Å². The number of aryl methyl sites for hydroxylation is 3. The van der Waals surface area contributed by atoms with Crippen molar-refractivity contribution in [2.75, 3.05) is 7.05 Å². The highest BCUT2D eigenvalue weighted by Crippen LogP contribution is 2.23. The fraction of sp³-hybridized carbons (Fsp3) is 0.438. The molecule has 0 fully saturated rings. The molecule has 1 atom stereocenters. The van der Waals surface area contributed by atoms with Gasteiger partial charge in [0.2, 0.25) is 0 Å². The van der Waals surface area contributed by atoms with Gasteiger partial charge in [-0.1, -0.05) is 13.0 Å². The van der Waals surface area contributed by atoms with Crippen LogP contribution in [0.5, 0.6) is 0 Å². The largest absolute Gasteiger partial charge is 0.313 e. The van der Waals surface area contributed by atoms with E-state index in [2.05, 4.69) is 23.5 Å². The molecule has 20 heavy (non-hydrogen) atoms. The summed E-state index contributed by atoms with van der Waals surface area (Å²) in [5.74, 6) is -0.178. The molecular formula is C16H22FN3. The van der Waals surface area contributed by atoms with Crippen molar-refractivity contribution in [1.29, 1.82) is 0 Å². The van der Waals surface area contributed by atoms with Gasteiger partial charge in [-0.25, -0.2) is 4.39 Å². The minimum Gasteiger partial charge on any atom is -0.313 e. The Kier molecular flexibility index (Phi) is 4.55. The zero-order chi connectivity index (χ0) is 14.7. The van der Waals surface area contributed by atoms with E-state index < -0.39 is 0 Å². The molecule has 2 rings (SSSR count). The zero-order valence-electron chi connectivity index (χ0n) is 12.6. The molecule has 1 heterocycles. The standard InChI is InChI=1S/C16H22FN3/c1-5-15-14(10-20(4)19-15)16(18-3)9-12-8-13(17)7-6-11(12)2/h6-8,10,16,18H,5,9H2,1-4H3. The molecule has 4 heteroatoms. The summed E-state index contributed by atoms with van der Waals surface area (Å²) < 4.78 is 15.3. The van der Waals surface area contributed by atoms with Gasteiger partial charge in [-0.05, 0) is 50.1 Å². The highest BCUT2D eigenvalue weighted by molar-refractivity contribution is 5.30. The van der Waals surface area contributed by atoms with Crippen LogP contribution >= 0.6 is 0 Å². The lowest BCUT2D eigenvalue weighted by Gasteiger charge is -2.17. The molecular weight excluding hydrogens is 253 g/mol. The van der Waals surface area contributed by atoms with E-state index in [1.807, 2.05) is 31.8 Å². The first-order valence-corrected chi connectivity index (χ1v) is 6.99. The molecule has 2 aromatic rings. The van der Waals surface area contributed by atoms with E-state index >= 15 is 0 Å². The first kappa shape index (κ1) is 14.7. The Labute approximate surface area is 119 Å². The van der Waals surface area contributed by atoms with Gasteiger partial charge in [-0.15, -0.1) is 0 Å². The van der Waals surface area contributed by atoms with E-state index in [-0.39, 0.29) is 11.9 Å². The SMILES string of the molecule is CCc1nn(C)cc1C(Cc1cc(F)ccc1C)NC. The van der Waals surface area contributed by atoms with Crippen LogP contribution in [0, 0.1) is 12.7 Å². The van der Waals surface area contributed by atoms with E-state index in [1.54, 1.807) is 6.07 Å². The van der Waals surface area contributed by atoms with Crippen LogP contribution in [-0.4, -0.2) is 16.8 Å². The molecule has 0 aliphatic heterocycles. The summed E-state index contributed by atoms with van der Waals surface area (Å²) in [4.78, 5) is 0. The first-order valence-electron chi connectivity index (χ1n) is 6.99. The van der Waals surface area contributed by atoms with Crippen molar-refractivity contribution in [1.82, 2.24) is 15.1 Å². The van der Waals surface area contributed by atoms with E-state index in [1.165, 1.54) is 11.6 Å². The summed E-state index contributed by atoms with van der Waals surface area (Å²) in [5, 5.41) is 7.81. The Bertz CT molecular complexity index is 589. The highest BCUT2D eigenvalue weighted by atomic mass is 19.1. The second kappa shape index (κ2) is 6.18. The van der Waals surface area contributed by atoms with Crippen LogP contribution in [-0.2, 0) is 19.9 Å². The van der Waals surface area contributed by atoms with Crippen molar-refractivity contribution < 1.29 is 4.39 Å². The van der Waals surface area contributed by atoms with Crippen LogP contribution in [0.25, 0.3) is 0 Å². The molecule has 0 aliphatic carbocycles. The second-order valence-corrected chi connectivity index (χ2v) is 5.17. The summed E-state index contributed by atoms with van der Waals surface area (Å²) in [6.45, 7) is 4.12. The Balaban J connectivity index is 2.30. The van der Waals surface area contributed by atoms with Crippen molar-refractivity contribution in [3.05, 3.63) is 52.6 Å². The molecule has 1 aromatic carbocycles. The smallest absolute Gasteiger partial charge is 0.123 e. The van der Waals surface area contributed by atoms with Crippen LogP contribution in [0.15, 0.2) is 24.4 Å². The predicted octanol–water partition coefficient (Wildman–Crippen LogP) is 2.93. The predicted molar refractivity (Wildman–Crippen MR) is 79.2 cm³/mol. The molecule has 0 spiro atoms. The lowest BCUT2D eigenvalue weighted by atomic mass is 9.96. The minimum absolute atomic E-state index is 0.152. The molecule has 1 unspecified atom stereocenters. The van der Waals surface area contributed by atoms with E-state index in [0.29, 0.717) is 0 Å². The Hall–Kier alpha value is -1.68. The van der Waals surface area contributed by atoms with Crippen molar-refractivity contribution in [2.45, 2.75) is 32.7 Å². The lowest BCUT2D eigenvalue weighted by molar-refractivity contribution is 0.578. The van der Waals surface area contributed by atoms with Crippen LogP contribution in [0.2, 0.25) is 0 Å². The average molecular weight is 275 g/mol. The average Bonchev–Trinajstić information content (AvgIpc) is 2.80. The fourth-order valence-corrected chi connectivity index (χ4v) is 2.57. The third-order valence-corrected chi connectivity index (χ3v) is 3.73. The van der Waals surface area contributed by atoms with Gasteiger partial charge in [-0.2, -0.15) is 5.10 Å². The van der Waals surface area contributed by atoms with Gasteiger partial charge in [0.25, 0.3) is 0 Å². The second-order valence-electron chi connectivity index (χ2n) is 5.17. The maximum atomic E-state index is 13.4. The Morgan fingerprint density at radius 1 is 1.40 bits per heavy atom. The van der Waals surface area contributed by atoms with Gasteiger partial charge in [0.15, 0.2) is 0 Å². The van der Waals surface area contributed by atoms with E-state index in [9.17, 15) is 4.39 Å². The molecule has 1 aromatic heterocycles. The number of nitrogens with one attached hydrogen (secondary N) is 1. The first-order chi connectivity index (χ1) is 9.55. The summed E-state index contributed by atoms with van der Waals surface area (Å²) in [7, 11) is 3.87. The number of benzene rings is 1. The van der Waals surface area contributed by atoms with Crippen molar-refractivity contribution >= 4 is 0 Å². The molecule has 1 N–H and O–H groups in total. The quantitative estimate of drug-likeness (QED) is 0.909. The third-order valence-electron chi connectivity index (χ3n) is 3.73. The van der Waals surface area contributed by atoms with Crippen LogP contribution < -0.4 is 5.32 Å². The summed E-state index contributed by atoms with van der Waals surface area (Å²) >= 11 is 0. The van der Waals surface area contributed by atoms with E-state index in [0.717, 1.165) is 29.7 Å². The summed E-state index contributed by atoms with van der Waals surface area (Å²) in [6.07, 6.45) is 3.71. The van der Waals surface area contributed by atoms with Gasteiger partial charge in [-0.3, -0.25) is 4.68 Å². The summed E-state index contributed by atoms with van der Waals surface area (Å²) in [5.41, 5.74) is 4.45. The zero-order valence-corrected chi connectivity index (χ0v) is 12.6. The molecule has 108 valence electrons. The number of hydrogen-bond acceptors (Lipinski definition) is 2. The Morgan fingerprint density at radius 2 is 2.15 bits per heavy atom. The summed E-state index contributed by atoms with van der Waals surface area (Å²) in [6, 6.07) is 5.12. The molecule has 0 radical (unpaired) electrons. The topological polar surface area (TPSA) is 29.9 Å². The molecule has 0 saturated heterocycles. The lowest BCUT2D eigenvalue weighted by Crippen LogP contribution is -2.20. The molecule has 0 amide bonds. The number of rotatable bonds is 5. The molecule has 0 aliphatic rings. The third kappa shape index (κ3) is 3.07. The molecule has 3 nitrogen and oxygen atoms in total. The fourth-order valence-electron chi connectivity index (χ4n) is 2.57. The normalized spacial score (nSPS) is 12.7. The number of aromatic nitrogens is 2. The molecule has 0 saturated carbocycles. The Morgan fingerprint density at radius 3 is 2.80 bits per heavy atom. The maximum Gasteiger partial charge on any atom is 0.123 e. The number of nitrogens with zero attached hydrogens (tertiary/aromatic N) is 2. The van der Waals surface area contributed by atoms with Crippen molar-refractivity contribution in [3.8, 4) is 0 Å². The van der Waals surface area contributed by atoms with Crippen molar-refractivity contribution in [3.63, 3.8) is 0 Å². The van der Waals surface area contributed by atoms with Gasteiger partial charge >= 0.3 is 0 Å². The van der Waals surface area contributed by atoms with Gasteiger partial charge in [0.05, 0.1) is 5.69 Å².